The Morgan fingerprint density at radius 1 is 1.50 bits per heavy atom. The lowest BCUT2D eigenvalue weighted by Crippen LogP contribution is -2.26. The van der Waals surface area contributed by atoms with Gasteiger partial charge < -0.3 is 9.88 Å². The summed E-state index contributed by atoms with van der Waals surface area (Å²) < 4.78 is 15.3. The van der Waals surface area contributed by atoms with Gasteiger partial charge in [-0.2, -0.15) is 0 Å². The second-order valence-electron chi connectivity index (χ2n) is 4.17. The van der Waals surface area contributed by atoms with Gasteiger partial charge in [-0.25, -0.2) is 4.39 Å². The SMILES string of the molecule is CCn1cnnc1CCNC(=O)c1ccc(F)c(Br)c1. The highest BCUT2D eigenvalue weighted by atomic mass is 79.9. The first kappa shape index (κ1) is 14.6. The zero-order valence-electron chi connectivity index (χ0n) is 10.9. The number of rotatable bonds is 5. The van der Waals surface area contributed by atoms with Crippen LogP contribution >= 0.6 is 15.9 Å². The van der Waals surface area contributed by atoms with E-state index in [4.69, 9.17) is 0 Å². The van der Waals surface area contributed by atoms with Crippen LogP contribution in [0.15, 0.2) is 29.0 Å². The van der Waals surface area contributed by atoms with Gasteiger partial charge in [0.05, 0.1) is 4.47 Å². The van der Waals surface area contributed by atoms with Crippen molar-refractivity contribution < 1.29 is 9.18 Å². The first-order valence-electron chi connectivity index (χ1n) is 6.21. The van der Waals surface area contributed by atoms with Gasteiger partial charge in [0.1, 0.15) is 18.0 Å². The van der Waals surface area contributed by atoms with Crippen LogP contribution in [0.1, 0.15) is 23.1 Å². The summed E-state index contributed by atoms with van der Waals surface area (Å²) in [6.45, 7) is 3.25. The number of hydrogen-bond donors (Lipinski definition) is 1. The van der Waals surface area contributed by atoms with Crippen molar-refractivity contribution in [2.24, 2.45) is 0 Å². The molecule has 0 atom stereocenters. The monoisotopic (exact) mass is 340 g/mol. The number of aromatic nitrogens is 3. The van der Waals surface area contributed by atoms with Gasteiger partial charge in [0, 0.05) is 25.1 Å². The number of hydrogen-bond acceptors (Lipinski definition) is 3. The number of halogens is 2. The van der Waals surface area contributed by atoms with Gasteiger partial charge in [-0.15, -0.1) is 10.2 Å². The van der Waals surface area contributed by atoms with Crippen LogP contribution in [-0.2, 0) is 13.0 Å². The van der Waals surface area contributed by atoms with Crippen molar-refractivity contribution in [1.29, 1.82) is 0 Å². The molecule has 0 aliphatic rings. The van der Waals surface area contributed by atoms with E-state index in [1.165, 1.54) is 18.2 Å². The lowest BCUT2D eigenvalue weighted by atomic mass is 10.2. The van der Waals surface area contributed by atoms with E-state index in [9.17, 15) is 9.18 Å². The average Bonchev–Trinajstić information content (AvgIpc) is 2.89. The maximum absolute atomic E-state index is 13.1. The minimum atomic E-state index is -0.391. The average molecular weight is 341 g/mol. The van der Waals surface area contributed by atoms with Crippen LogP contribution in [0.3, 0.4) is 0 Å². The fourth-order valence-electron chi connectivity index (χ4n) is 1.76. The highest BCUT2D eigenvalue weighted by Crippen LogP contribution is 2.16. The summed E-state index contributed by atoms with van der Waals surface area (Å²) in [7, 11) is 0. The Bertz CT molecular complexity index is 614. The van der Waals surface area contributed by atoms with E-state index in [0.717, 1.165) is 12.4 Å². The Kier molecular flexibility index (Phi) is 4.84. The fourth-order valence-corrected chi connectivity index (χ4v) is 2.14. The number of nitrogens with one attached hydrogen (secondary N) is 1. The highest BCUT2D eigenvalue weighted by Gasteiger charge is 2.09. The molecule has 1 aromatic heterocycles. The second kappa shape index (κ2) is 6.60. The summed E-state index contributed by atoms with van der Waals surface area (Å²) in [4.78, 5) is 11.9. The first-order chi connectivity index (χ1) is 9.61. The van der Waals surface area contributed by atoms with E-state index in [1.54, 1.807) is 6.33 Å². The molecular weight excluding hydrogens is 327 g/mol. The number of aryl methyl sites for hydroxylation is 1. The van der Waals surface area contributed by atoms with Gasteiger partial charge in [-0.1, -0.05) is 0 Å². The van der Waals surface area contributed by atoms with Crippen molar-refractivity contribution in [1.82, 2.24) is 20.1 Å². The molecule has 0 bridgehead atoms. The molecule has 0 saturated heterocycles. The Morgan fingerprint density at radius 2 is 2.30 bits per heavy atom. The van der Waals surface area contributed by atoms with Crippen molar-refractivity contribution in [3.63, 3.8) is 0 Å². The molecule has 1 aromatic carbocycles. The van der Waals surface area contributed by atoms with Gasteiger partial charge in [-0.3, -0.25) is 4.79 Å². The number of benzene rings is 1. The maximum atomic E-state index is 13.1. The van der Waals surface area contributed by atoms with Crippen LogP contribution in [0.4, 0.5) is 4.39 Å². The van der Waals surface area contributed by atoms with Crippen LogP contribution in [0.5, 0.6) is 0 Å². The molecule has 0 radical (unpaired) electrons. The molecule has 1 N–H and O–H groups in total. The lowest BCUT2D eigenvalue weighted by molar-refractivity contribution is 0.0954. The standard InChI is InChI=1S/C13H14BrFN4O/c1-2-19-8-17-18-12(19)5-6-16-13(20)9-3-4-11(15)10(14)7-9/h3-4,7-8H,2,5-6H2,1H3,(H,16,20). The molecule has 1 amide bonds. The summed E-state index contributed by atoms with van der Waals surface area (Å²) in [5.41, 5.74) is 0.412. The Morgan fingerprint density at radius 3 is 3.00 bits per heavy atom. The molecule has 0 unspecified atom stereocenters. The molecule has 7 heteroatoms. The zero-order chi connectivity index (χ0) is 14.5. The van der Waals surface area contributed by atoms with Crippen LogP contribution in [0.25, 0.3) is 0 Å². The van der Waals surface area contributed by atoms with E-state index >= 15 is 0 Å². The zero-order valence-corrected chi connectivity index (χ0v) is 12.5. The van der Waals surface area contributed by atoms with Gasteiger partial charge in [0.15, 0.2) is 0 Å². The van der Waals surface area contributed by atoms with E-state index < -0.39 is 5.82 Å². The molecule has 20 heavy (non-hydrogen) atoms. The van der Waals surface area contributed by atoms with Crippen LogP contribution in [0.2, 0.25) is 0 Å². The minimum Gasteiger partial charge on any atom is -0.352 e. The third-order valence-corrected chi connectivity index (χ3v) is 3.46. The number of nitrogens with zero attached hydrogens (tertiary/aromatic N) is 3. The smallest absolute Gasteiger partial charge is 0.251 e. The van der Waals surface area contributed by atoms with Crippen LogP contribution in [-0.4, -0.2) is 27.2 Å². The van der Waals surface area contributed by atoms with Crippen molar-refractivity contribution >= 4 is 21.8 Å². The summed E-state index contributed by atoms with van der Waals surface area (Å²) in [6.07, 6.45) is 2.26. The van der Waals surface area contributed by atoms with Gasteiger partial charge >= 0.3 is 0 Å². The molecule has 0 spiro atoms. The largest absolute Gasteiger partial charge is 0.352 e. The molecular formula is C13H14BrFN4O. The summed E-state index contributed by atoms with van der Waals surface area (Å²) in [6, 6.07) is 4.16. The minimum absolute atomic E-state index is 0.242. The molecule has 2 rings (SSSR count). The number of carbonyl (C=O) groups is 1. The first-order valence-corrected chi connectivity index (χ1v) is 7.01. The van der Waals surface area contributed by atoms with Gasteiger partial charge in [0.25, 0.3) is 5.91 Å². The van der Waals surface area contributed by atoms with Gasteiger partial charge in [-0.05, 0) is 41.1 Å². The van der Waals surface area contributed by atoms with E-state index in [1.807, 2.05) is 11.5 Å². The van der Waals surface area contributed by atoms with Crippen molar-refractivity contribution in [2.45, 2.75) is 19.9 Å². The quantitative estimate of drug-likeness (QED) is 0.907. The predicted molar refractivity (Wildman–Crippen MR) is 75.8 cm³/mol. The third kappa shape index (κ3) is 3.41. The maximum Gasteiger partial charge on any atom is 0.251 e. The molecule has 2 aromatic rings. The Hall–Kier alpha value is -1.76. The molecule has 0 saturated carbocycles. The van der Waals surface area contributed by atoms with Gasteiger partial charge in [0.2, 0.25) is 0 Å². The summed E-state index contributed by atoms with van der Waals surface area (Å²) in [5, 5.41) is 10.6. The Labute approximate surface area is 124 Å². The molecule has 1 heterocycles. The molecule has 106 valence electrons. The topological polar surface area (TPSA) is 59.8 Å². The van der Waals surface area contributed by atoms with E-state index in [2.05, 4.69) is 31.4 Å². The fraction of sp³-hybridized carbons (Fsp3) is 0.308. The molecule has 5 nitrogen and oxygen atoms in total. The van der Waals surface area contributed by atoms with Crippen LogP contribution < -0.4 is 5.32 Å². The third-order valence-electron chi connectivity index (χ3n) is 2.85. The van der Waals surface area contributed by atoms with E-state index in [0.29, 0.717) is 18.5 Å². The normalized spacial score (nSPS) is 10.6. The molecule has 0 aliphatic heterocycles. The highest BCUT2D eigenvalue weighted by molar-refractivity contribution is 9.10. The summed E-state index contributed by atoms with van der Waals surface area (Å²) in [5.74, 6) is 0.193. The number of amides is 1. The Balaban J connectivity index is 1.90. The van der Waals surface area contributed by atoms with E-state index in [-0.39, 0.29) is 10.4 Å². The predicted octanol–water partition coefficient (Wildman–Crippen LogP) is 2.17. The molecule has 0 aliphatic carbocycles. The number of carbonyl (C=O) groups excluding carboxylic acids is 1. The van der Waals surface area contributed by atoms with Crippen molar-refractivity contribution in [3.05, 3.63) is 46.2 Å². The lowest BCUT2D eigenvalue weighted by Gasteiger charge is -2.06. The molecule has 0 fully saturated rings. The summed E-state index contributed by atoms with van der Waals surface area (Å²) >= 11 is 3.06. The second-order valence-corrected chi connectivity index (χ2v) is 5.02. The van der Waals surface area contributed by atoms with Crippen molar-refractivity contribution in [2.75, 3.05) is 6.54 Å². The van der Waals surface area contributed by atoms with Crippen molar-refractivity contribution in [3.8, 4) is 0 Å². The van der Waals surface area contributed by atoms with Crippen LogP contribution in [0, 0.1) is 5.82 Å².